The molecule has 174 valence electrons. The SMILES string of the molecule is Cc1cc(C)nc(NC(=NCCc2c[nH]c3ccc(Cl)cc23)NC(=O)CSc2ncccn2)n1. The van der Waals surface area contributed by atoms with Gasteiger partial charge in [0.25, 0.3) is 0 Å². The Morgan fingerprint density at radius 1 is 1.15 bits per heavy atom. The minimum absolute atomic E-state index is 0.138. The van der Waals surface area contributed by atoms with Crippen LogP contribution in [0.3, 0.4) is 0 Å². The van der Waals surface area contributed by atoms with Gasteiger partial charge < -0.3 is 4.98 Å². The minimum atomic E-state index is -0.244. The van der Waals surface area contributed by atoms with E-state index in [1.165, 1.54) is 11.8 Å². The fraction of sp³-hybridized carbons (Fsp3) is 0.217. The van der Waals surface area contributed by atoms with Crippen molar-refractivity contribution in [1.29, 1.82) is 0 Å². The van der Waals surface area contributed by atoms with Gasteiger partial charge in [-0.3, -0.25) is 20.4 Å². The number of H-pyrrole nitrogens is 1. The lowest BCUT2D eigenvalue weighted by Crippen LogP contribution is -2.38. The summed E-state index contributed by atoms with van der Waals surface area (Å²) in [4.78, 5) is 37.4. The Bertz CT molecular complexity index is 1310. The van der Waals surface area contributed by atoms with Crippen LogP contribution in [-0.2, 0) is 11.2 Å². The van der Waals surface area contributed by atoms with Crippen molar-refractivity contribution < 1.29 is 4.79 Å². The number of aromatic nitrogens is 5. The van der Waals surface area contributed by atoms with E-state index < -0.39 is 0 Å². The Hall–Kier alpha value is -3.50. The molecule has 34 heavy (non-hydrogen) atoms. The maximum absolute atomic E-state index is 12.6. The van der Waals surface area contributed by atoms with Gasteiger partial charge in [-0.05, 0) is 56.2 Å². The van der Waals surface area contributed by atoms with E-state index >= 15 is 0 Å². The number of nitrogens with one attached hydrogen (secondary N) is 3. The van der Waals surface area contributed by atoms with Gasteiger partial charge in [0.1, 0.15) is 0 Å². The summed E-state index contributed by atoms with van der Waals surface area (Å²) >= 11 is 7.40. The molecule has 4 aromatic rings. The number of thioether (sulfide) groups is 1. The van der Waals surface area contributed by atoms with Gasteiger partial charge in [-0.15, -0.1) is 0 Å². The number of hydrogen-bond donors (Lipinski definition) is 3. The molecule has 0 saturated heterocycles. The van der Waals surface area contributed by atoms with Crippen molar-refractivity contribution >= 4 is 52.1 Å². The fourth-order valence-corrected chi connectivity index (χ4v) is 4.08. The molecule has 0 radical (unpaired) electrons. The summed E-state index contributed by atoms with van der Waals surface area (Å²) in [6.07, 6.45) is 5.88. The highest BCUT2D eigenvalue weighted by molar-refractivity contribution is 7.99. The second-order valence-corrected chi connectivity index (χ2v) is 8.83. The Balaban J connectivity index is 1.46. The molecule has 0 bridgehead atoms. The van der Waals surface area contributed by atoms with Crippen molar-refractivity contribution in [3.8, 4) is 0 Å². The average Bonchev–Trinajstić information content (AvgIpc) is 3.19. The normalized spacial score (nSPS) is 11.6. The fourth-order valence-electron chi connectivity index (χ4n) is 3.30. The third-order valence-electron chi connectivity index (χ3n) is 4.73. The van der Waals surface area contributed by atoms with Crippen LogP contribution in [0.5, 0.6) is 0 Å². The second kappa shape index (κ2) is 11.1. The zero-order valence-electron chi connectivity index (χ0n) is 18.7. The number of guanidine groups is 1. The predicted octanol–water partition coefficient (Wildman–Crippen LogP) is 3.94. The van der Waals surface area contributed by atoms with E-state index in [9.17, 15) is 4.79 Å². The lowest BCUT2D eigenvalue weighted by Gasteiger charge is -2.11. The second-order valence-electron chi connectivity index (χ2n) is 7.45. The summed E-state index contributed by atoms with van der Waals surface area (Å²) in [6, 6.07) is 9.33. The number of aliphatic imine (C=N–C) groups is 1. The summed E-state index contributed by atoms with van der Waals surface area (Å²) in [7, 11) is 0. The number of amides is 1. The highest BCUT2D eigenvalue weighted by Crippen LogP contribution is 2.22. The number of fused-ring (bicyclic) bond motifs is 1. The predicted molar refractivity (Wildman–Crippen MR) is 135 cm³/mol. The highest BCUT2D eigenvalue weighted by Gasteiger charge is 2.11. The van der Waals surface area contributed by atoms with Gasteiger partial charge >= 0.3 is 0 Å². The van der Waals surface area contributed by atoms with Gasteiger partial charge in [-0.25, -0.2) is 19.9 Å². The van der Waals surface area contributed by atoms with Crippen molar-refractivity contribution in [2.45, 2.75) is 25.4 Å². The lowest BCUT2D eigenvalue weighted by atomic mass is 10.1. The van der Waals surface area contributed by atoms with Crippen LogP contribution in [0, 0.1) is 13.8 Å². The first kappa shape index (κ1) is 23.7. The van der Waals surface area contributed by atoms with Crippen molar-refractivity contribution in [2.24, 2.45) is 4.99 Å². The molecule has 0 aliphatic heterocycles. The standard InChI is InChI=1S/C23H23ClN8OS/c1-14-10-15(2)30-22(29-14)32-21(31-20(33)13-34-23-26-7-3-8-27-23)25-9-6-16-12-28-19-5-4-17(24)11-18(16)19/h3-5,7-8,10-12,28H,6,9,13H2,1-2H3,(H2,25,29,30,31,32,33). The van der Waals surface area contributed by atoms with Crippen LogP contribution in [0.4, 0.5) is 5.95 Å². The van der Waals surface area contributed by atoms with Crippen LogP contribution in [0.15, 0.2) is 59.1 Å². The summed E-state index contributed by atoms with van der Waals surface area (Å²) in [5, 5.41) is 8.12. The number of hydrogen-bond acceptors (Lipinski definition) is 7. The molecule has 9 nitrogen and oxygen atoms in total. The first-order valence-corrected chi connectivity index (χ1v) is 11.9. The molecule has 0 spiro atoms. The maximum atomic E-state index is 12.6. The van der Waals surface area contributed by atoms with Crippen LogP contribution >= 0.6 is 23.4 Å². The van der Waals surface area contributed by atoms with Gasteiger partial charge in [-0.2, -0.15) is 0 Å². The molecule has 3 aromatic heterocycles. The molecule has 3 heterocycles. The lowest BCUT2D eigenvalue weighted by molar-refractivity contribution is -0.117. The van der Waals surface area contributed by atoms with E-state index in [-0.39, 0.29) is 17.6 Å². The number of aromatic amines is 1. The monoisotopic (exact) mass is 494 g/mol. The number of carbonyl (C=O) groups excluding carboxylic acids is 1. The molecular formula is C23H23ClN8OS. The highest BCUT2D eigenvalue weighted by atomic mass is 35.5. The van der Waals surface area contributed by atoms with Crippen molar-refractivity contribution in [1.82, 2.24) is 30.2 Å². The van der Waals surface area contributed by atoms with E-state index in [2.05, 4.69) is 40.5 Å². The third-order valence-corrected chi connectivity index (χ3v) is 5.84. The van der Waals surface area contributed by atoms with Crippen LogP contribution in [0.1, 0.15) is 17.0 Å². The van der Waals surface area contributed by atoms with Crippen molar-refractivity contribution in [2.75, 3.05) is 17.6 Å². The quantitative estimate of drug-likeness (QED) is 0.154. The molecular weight excluding hydrogens is 472 g/mol. The molecule has 3 N–H and O–H groups in total. The largest absolute Gasteiger partial charge is 0.361 e. The summed E-state index contributed by atoms with van der Waals surface area (Å²) in [5.41, 5.74) is 3.73. The van der Waals surface area contributed by atoms with Gasteiger partial charge in [0.2, 0.25) is 17.8 Å². The topological polar surface area (TPSA) is 121 Å². The molecule has 0 saturated carbocycles. The number of anilines is 1. The van der Waals surface area contributed by atoms with E-state index in [0.717, 1.165) is 27.9 Å². The zero-order valence-corrected chi connectivity index (χ0v) is 20.2. The first-order chi connectivity index (χ1) is 16.5. The number of aryl methyl sites for hydroxylation is 2. The van der Waals surface area contributed by atoms with Crippen molar-refractivity contribution in [3.05, 3.63) is 70.9 Å². The van der Waals surface area contributed by atoms with Crippen molar-refractivity contribution in [3.63, 3.8) is 0 Å². The number of rotatable bonds is 7. The number of halogens is 1. The number of nitrogens with zero attached hydrogens (tertiary/aromatic N) is 5. The molecule has 0 atom stereocenters. The molecule has 4 rings (SSSR count). The first-order valence-electron chi connectivity index (χ1n) is 10.6. The maximum Gasteiger partial charge on any atom is 0.237 e. The molecule has 11 heteroatoms. The van der Waals surface area contributed by atoms with Gasteiger partial charge in [0.05, 0.1) is 5.75 Å². The molecule has 1 amide bonds. The van der Waals surface area contributed by atoms with Crippen LogP contribution in [-0.4, -0.2) is 49.1 Å². The summed E-state index contributed by atoms with van der Waals surface area (Å²) < 4.78 is 0. The van der Waals surface area contributed by atoms with Gasteiger partial charge in [0.15, 0.2) is 5.16 Å². The van der Waals surface area contributed by atoms with E-state index in [1.807, 2.05) is 44.3 Å². The molecule has 0 aliphatic rings. The number of benzene rings is 1. The molecule has 0 aliphatic carbocycles. The minimum Gasteiger partial charge on any atom is -0.361 e. The van der Waals surface area contributed by atoms with Crippen LogP contribution in [0.25, 0.3) is 10.9 Å². The van der Waals surface area contributed by atoms with Crippen LogP contribution in [0.2, 0.25) is 5.02 Å². The zero-order chi connectivity index (χ0) is 23.9. The Kier molecular flexibility index (Phi) is 7.71. The Labute approximate surface area is 205 Å². The smallest absolute Gasteiger partial charge is 0.237 e. The van der Waals surface area contributed by atoms with Crippen LogP contribution < -0.4 is 10.6 Å². The number of carbonyl (C=O) groups is 1. The summed E-state index contributed by atoms with van der Waals surface area (Å²) in [5.74, 6) is 0.545. The van der Waals surface area contributed by atoms with E-state index in [0.29, 0.717) is 29.1 Å². The van der Waals surface area contributed by atoms with Gasteiger partial charge in [0, 0.05) is 52.4 Å². The molecule has 0 fully saturated rings. The van der Waals surface area contributed by atoms with E-state index in [1.54, 1.807) is 18.5 Å². The molecule has 1 aromatic carbocycles. The van der Waals surface area contributed by atoms with E-state index in [4.69, 9.17) is 11.6 Å². The third kappa shape index (κ3) is 6.52. The summed E-state index contributed by atoms with van der Waals surface area (Å²) in [6.45, 7) is 4.20. The molecule has 0 unspecified atom stereocenters. The Morgan fingerprint density at radius 3 is 2.68 bits per heavy atom. The average molecular weight is 495 g/mol. The van der Waals surface area contributed by atoms with Gasteiger partial charge in [-0.1, -0.05) is 23.4 Å². The Morgan fingerprint density at radius 2 is 1.91 bits per heavy atom.